The molecule has 2 heterocycles. The minimum atomic E-state index is -0.537. The molecule has 21 heavy (non-hydrogen) atoms. The maximum Gasteiger partial charge on any atom is 0.267 e. The molecule has 0 radical (unpaired) electrons. The van der Waals surface area contributed by atoms with E-state index in [1.165, 1.54) is 16.5 Å². The van der Waals surface area contributed by atoms with Crippen LogP contribution in [0.3, 0.4) is 0 Å². The zero-order valence-corrected chi connectivity index (χ0v) is 12.0. The van der Waals surface area contributed by atoms with Crippen molar-refractivity contribution in [1.82, 2.24) is 9.97 Å². The molecule has 0 saturated heterocycles. The minimum Gasteiger partial charge on any atom is -0.364 e. The number of carbonyl (C=O) groups is 1. The van der Waals surface area contributed by atoms with Gasteiger partial charge in [-0.2, -0.15) is 0 Å². The summed E-state index contributed by atoms with van der Waals surface area (Å²) in [6.45, 7) is 0. The van der Waals surface area contributed by atoms with E-state index in [2.05, 4.69) is 33.5 Å². The fourth-order valence-corrected chi connectivity index (χ4v) is 2.93. The van der Waals surface area contributed by atoms with Crippen molar-refractivity contribution in [2.75, 3.05) is 0 Å². The van der Waals surface area contributed by atoms with Gasteiger partial charge in [0.15, 0.2) is 0 Å². The highest BCUT2D eigenvalue weighted by molar-refractivity contribution is 7.13. The van der Waals surface area contributed by atoms with Crippen LogP contribution in [0.15, 0.2) is 54.0 Å². The predicted octanol–water partition coefficient (Wildman–Crippen LogP) is 2.89. The molecule has 5 heteroatoms. The smallest absolute Gasteiger partial charge is 0.267 e. The lowest BCUT2D eigenvalue weighted by atomic mass is 10.0. The molecule has 0 fully saturated rings. The minimum absolute atomic E-state index is 0.244. The van der Waals surface area contributed by atoms with E-state index in [1.54, 1.807) is 17.5 Å². The van der Waals surface area contributed by atoms with Crippen molar-refractivity contribution < 1.29 is 4.79 Å². The van der Waals surface area contributed by atoms with E-state index in [1.807, 2.05) is 18.2 Å². The Morgan fingerprint density at radius 2 is 2.00 bits per heavy atom. The van der Waals surface area contributed by atoms with Crippen molar-refractivity contribution in [3.8, 4) is 10.4 Å². The number of carbonyl (C=O) groups excluding carboxylic acids is 1. The lowest BCUT2D eigenvalue weighted by molar-refractivity contribution is 0.0995. The Kier molecular flexibility index (Phi) is 3.75. The Labute approximate surface area is 126 Å². The molecule has 4 nitrogen and oxygen atoms in total. The van der Waals surface area contributed by atoms with E-state index in [0.29, 0.717) is 12.2 Å². The topological polar surface area (TPSA) is 68.9 Å². The first-order valence-electron chi connectivity index (χ1n) is 6.47. The SMILES string of the molecule is NC(=O)c1ccnc(Cc2ccccc2-c2cccs2)n1. The number of amides is 1. The number of rotatable bonds is 4. The quantitative estimate of drug-likeness (QED) is 0.804. The Bertz CT molecular complexity index is 769. The number of thiophene rings is 1. The second-order valence-corrected chi connectivity index (χ2v) is 5.48. The molecule has 1 amide bonds. The second kappa shape index (κ2) is 5.85. The highest BCUT2D eigenvalue weighted by atomic mass is 32.1. The zero-order valence-electron chi connectivity index (χ0n) is 11.2. The molecule has 0 aliphatic heterocycles. The molecule has 104 valence electrons. The van der Waals surface area contributed by atoms with Gasteiger partial charge in [-0.15, -0.1) is 11.3 Å². The van der Waals surface area contributed by atoms with E-state index in [4.69, 9.17) is 5.73 Å². The fourth-order valence-electron chi connectivity index (χ4n) is 2.14. The van der Waals surface area contributed by atoms with E-state index in [-0.39, 0.29) is 5.69 Å². The molecule has 0 aliphatic carbocycles. The van der Waals surface area contributed by atoms with Crippen molar-refractivity contribution in [3.05, 3.63) is 71.1 Å². The van der Waals surface area contributed by atoms with Gasteiger partial charge in [-0.1, -0.05) is 30.3 Å². The Morgan fingerprint density at radius 1 is 1.14 bits per heavy atom. The summed E-state index contributed by atoms with van der Waals surface area (Å²) in [4.78, 5) is 20.8. The largest absolute Gasteiger partial charge is 0.364 e. The van der Waals surface area contributed by atoms with Crippen LogP contribution >= 0.6 is 11.3 Å². The molecule has 3 aromatic rings. The summed E-state index contributed by atoms with van der Waals surface area (Å²) in [5, 5.41) is 2.05. The zero-order chi connectivity index (χ0) is 14.7. The van der Waals surface area contributed by atoms with E-state index in [0.717, 1.165) is 5.56 Å². The summed E-state index contributed by atoms with van der Waals surface area (Å²) in [6, 6.07) is 13.8. The van der Waals surface area contributed by atoms with Crippen LogP contribution in [0.25, 0.3) is 10.4 Å². The first-order chi connectivity index (χ1) is 10.2. The van der Waals surface area contributed by atoms with Gasteiger partial charge in [-0.3, -0.25) is 4.79 Å². The third-order valence-electron chi connectivity index (χ3n) is 3.11. The number of nitrogens with zero attached hydrogens (tertiary/aromatic N) is 2. The molecule has 3 rings (SSSR count). The van der Waals surface area contributed by atoms with Gasteiger partial charge in [0.2, 0.25) is 0 Å². The van der Waals surface area contributed by atoms with Crippen LogP contribution in [0, 0.1) is 0 Å². The standard InChI is InChI=1S/C16H13N3OS/c17-16(20)13-7-8-18-15(19-13)10-11-4-1-2-5-12(11)14-6-3-9-21-14/h1-9H,10H2,(H2,17,20). The molecule has 2 N–H and O–H groups in total. The second-order valence-electron chi connectivity index (χ2n) is 4.53. The lowest BCUT2D eigenvalue weighted by Gasteiger charge is -2.07. The van der Waals surface area contributed by atoms with Gasteiger partial charge in [-0.25, -0.2) is 9.97 Å². The summed E-state index contributed by atoms with van der Waals surface area (Å²) in [7, 11) is 0. The highest BCUT2D eigenvalue weighted by Gasteiger charge is 2.09. The number of aromatic nitrogens is 2. The van der Waals surface area contributed by atoms with Gasteiger partial charge in [0.05, 0.1) is 0 Å². The first-order valence-corrected chi connectivity index (χ1v) is 7.35. The molecule has 1 aromatic carbocycles. The number of primary amides is 1. The molecule has 2 aromatic heterocycles. The van der Waals surface area contributed by atoms with Crippen LogP contribution in [0.5, 0.6) is 0 Å². The fraction of sp³-hybridized carbons (Fsp3) is 0.0625. The number of hydrogen-bond donors (Lipinski definition) is 1. The first kappa shape index (κ1) is 13.5. The van der Waals surface area contributed by atoms with Crippen molar-refractivity contribution in [2.45, 2.75) is 6.42 Å². The van der Waals surface area contributed by atoms with Gasteiger partial charge >= 0.3 is 0 Å². The van der Waals surface area contributed by atoms with Crippen LogP contribution < -0.4 is 5.73 Å². The molecule has 0 atom stereocenters. The van der Waals surface area contributed by atoms with Crippen LogP contribution in [0.4, 0.5) is 0 Å². The van der Waals surface area contributed by atoms with Gasteiger partial charge in [-0.05, 0) is 28.6 Å². The maximum atomic E-state index is 11.2. The van der Waals surface area contributed by atoms with Crippen LogP contribution in [-0.4, -0.2) is 15.9 Å². The maximum absolute atomic E-state index is 11.2. The van der Waals surface area contributed by atoms with Gasteiger partial charge in [0.1, 0.15) is 11.5 Å². The van der Waals surface area contributed by atoms with E-state index >= 15 is 0 Å². The number of hydrogen-bond acceptors (Lipinski definition) is 4. The monoisotopic (exact) mass is 295 g/mol. The summed E-state index contributed by atoms with van der Waals surface area (Å²) < 4.78 is 0. The third kappa shape index (κ3) is 2.98. The summed E-state index contributed by atoms with van der Waals surface area (Å²) >= 11 is 1.69. The van der Waals surface area contributed by atoms with Crippen molar-refractivity contribution in [1.29, 1.82) is 0 Å². The molecule has 0 saturated carbocycles. The van der Waals surface area contributed by atoms with Crippen molar-refractivity contribution in [2.24, 2.45) is 5.73 Å². The molecule has 0 aliphatic rings. The lowest BCUT2D eigenvalue weighted by Crippen LogP contribution is -2.14. The van der Waals surface area contributed by atoms with Gasteiger partial charge in [0, 0.05) is 17.5 Å². The van der Waals surface area contributed by atoms with Gasteiger partial charge in [0.25, 0.3) is 5.91 Å². The Hall–Kier alpha value is -2.53. The molecular formula is C16H13N3OS. The number of nitrogens with two attached hydrogens (primary N) is 1. The summed E-state index contributed by atoms with van der Waals surface area (Å²) in [6.07, 6.45) is 2.13. The molecular weight excluding hydrogens is 282 g/mol. The van der Waals surface area contributed by atoms with Crippen LogP contribution in [0.2, 0.25) is 0 Å². The third-order valence-corrected chi connectivity index (χ3v) is 4.01. The molecule has 0 unspecified atom stereocenters. The average molecular weight is 295 g/mol. The number of benzene rings is 1. The normalized spacial score (nSPS) is 10.5. The van der Waals surface area contributed by atoms with Crippen molar-refractivity contribution >= 4 is 17.2 Å². The predicted molar refractivity (Wildman–Crippen MR) is 83.1 cm³/mol. The molecule has 0 bridgehead atoms. The van der Waals surface area contributed by atoms with Crippen molar-refractivity contribution in [3.63, 3.8) is 0 Å². The van der Waals surface area contributed by atoms with E-state index < -0.39 is 5.91 Å². The molecule has 0 spiro atoms. The van der Waals surface area contributed by atoms with E-state index in [9.17, 15) is 4.79 Å². The Morgan fingerprint density at radius 3 is 2.76 bits per heavy atom. The van der Waals surface area contributed by atoms with Gasteiger partial charge < -0.3 is 5.73 Å². The van der Waals surface area contributed by atoms with Crippen LogP contribution in [-0.2, 0) is 6.42 Å². The summed E-state index contributed by atoms with van der Waals surface area (Å²) in [5.74, 6) is 0.0560. The summed E-state index contributed by atoms with van der Waals surface area (Å²) in [5.41, 5.74) is 7.79. The Balaban J connectivity index is 1.96. The average Bonchev–Trinajstić information content (AvgIpc) is 3.02. The highest BCUT2D eigenvalue weighted by Crippen LogP contribution is 2.28. The van der Waals surface area contributed by atoms with Crippen LogP contribution in [0.1, 0.15) is 21.9 Å².